The zero-order chi connectivity index (χ0) is 31.4. The normalized spacial score (nSPS) is 35.2. The van der Waals surface area contributed by atoms with E-state index in [2.05, 4.69) is 6.58 Å². The average molecular weight is 584 g/mol. The number of hydrogen-bond acceptors (Lipinski definition) is 9. The van der Waals surface area contributed by atoms with Crippen molar-refractivity contribution in [3.05, 3.63) is 59.2 Å². The van der Waals surface area contributed by atoms with Gasteiger partial charge in [0.15, 0.2) is 11.9 Å². The van der Waals surface area contributed by atoms with Crippen molar-refractivity contribution in [2.45, 2.75) is 96.4 Å². The van der Waals surface area contributed by atoms with E-state index in [0.29, 0.717) is 23.1 Å². The Labute approximate surface area is 248 Å². The van der Waals surface area contributed by atoms with Gasteiger partial charge in [0.1, 0.15) is 17.8 Å². The highest BCUT2D eigenvalue weighted by Crippen LogP contribution is 2.60. The number of carbonyl (C=O) groups excluding carboxylic acids is 3. The van der Waals surface area contributed by atoms with Crippen LogP contribution < -0.4 is 0 Å². The van der Waals surface area contributed by atoms with Crippen molar-refractivity contribution in [1.82, 2.24) is 4.90 Å². The molecule has 9 heteroatoms. The van der Waals surface area contributed by atoms with Crippen LogP contribution in [0.15, 0.2) is 53.6 Å². The van der Waals surface area contributed by atoms with E-state index < -0.39 is 64.5 Å². The zero-order valence-corrected chi connectivity index (χ0v) is 25.7. The molecule has 0 saturated heterocycles. The molecule has 3 aliphatic rings. The molecule has 1 aromatic rings. The topological polar surface area (TPSA) is 134 Å². The van der Waals surface area contributed by atoms with Crippen molar-refractivity contribution >= 4 is 17.7 Å². The monoisotopic (exact) mass is 583 g/mol. The molecule has 4 rings (SSSR count). The number of carbonyl (C=O) groups is 3. The predicted octanol–water partition coefficient (Wildman–Crippen LogP) is 3.28. The lowest BCUT2D eigenvalue weighted by molar-refractivity contribution is -0.221. The average Bonchev–Trinajstić information content (AvgIpc) is 2.91. The van der Waals surface area contributed by atoms with Gasteiger partial charge in [0.05, 0.1) is 12.5 Å². The van der Waals surface area contributed by atoms with Crippen LogP contribution >= 0.6 is 0 Å². The standard InChI is InChI=1S/C33H45NO8/c1-18-23(36)17-33(40)29(38)27-19(2)24(42-25(37)16-22(34(7)8)21-12-10-9-11-13-21)14-15-32(27,6)30(39)28(41-20(3)35)26(18)31(33,4)5/h9-13,22,24,27-30,38-40H,2,14-17H2,1,3-8H3. The van der Waals surface area contributed by atoms with E-state index in [1.807, 2.05) is 49.3 Å². The molecule has 8 unspecified atom stereocenters. The number of hydrogen-bond donors (Lipinski definition) is 3. The number of rotatable bonds is 6. The Kier molecular flexibility index (Phi) is 8.66. The Balaban J connectivity index is 1.71. The molecule has 0 amide bonds. The highest BCUT2D eigenvalue weighted by Gasteiger charge is 2.67. The molecule has 2 fully saturated rings. The van der Waals surface area contributed by atoms with Crippen LogP contribution in [0.1, 0.15) is 71.9 Å². The van der Waals surface area contributed by atoms with Crippen molar-refractivity contribution in [3.8, 4) is 0 Å². The highest BCUT2D eigenvalue weighted by molar-refractivity contribution is 5.98. The lowest BCUT2D eigenvalue weighted by Gasteiger charge is -2.61. The summed E-state index contributed by atoms with van der Waals surface area (Å²) in [4.78, 5) is 40.7. The summed E-state index contributed by atoms with van der Waals surface area (Å²) in [6, 6.07) is 9.42. The minimum atomic E-state index is -1.97. The summed E-state index contributed by atoms with van der Waals surface area (Å²) in [5.74, 6) is -2.47. The van der Waals surface area contributed by atoms with Crippen LogP contribution in [0, 0.1) is 16.7 Å². The van der Waals surface area contributed by atoms with E-state index in [1.54, 1.807) is 27.7 Å². The second-order valence-corrected chi connectivity index (χ2v) is 13.3. The van der Waals surface area contributed by atoms with E-state index in [9.17, 15) is 29.7 Å². The van der Waals surface area contributed by atoms with E-state index in [-0.39, 0.29) is 25.3 Å². The Morgan fingerprint density at radius 3 is 2.29 bits per heavy atom. The fraction of sp³-hybridized carbons (Fsp3) is 0.606. The number of nitrogens with zero attached hydrogens (tertiary/aromatic N) is 1. The van der Waals surface area contributed by atoms with Gasteiger partial charge in [0, 0.05) is 36.1 Å². The molecule has 230 valence electrons. The number of aliphatic hydroxyl groups excluding tert-OH is 2. The van der Waals surface area contributed by atoms with Gasteiger partial charge in [-0.15, -0.1) is 0 Å². The summed E-state index contributed by atoms with van der Waals surface area (Å²) in [6.45, 7) is 12.2. The first kappa shape index (κ1) is 32.1. The summed E-state index contributed by atoms with van der Waals surface area (Å²) < 4.78 is 11.7. The number of Topliss-reactive ketones (excluding diaryl/α,β-unsaturated/α-hetero) is 1. The fourth-order valence-electron chi connectivity index (χ4n) is 7.65. The molecular formula is C33H45NO8. The minimum Gasteiger partial charge on any atom is -0.458 e. The van der Waals surface area contributed by atoms with Gasteiger partial charge < -0.3 is 29.7 Å². The van der Waals surface area contributed by atoms with Gasteiger partial charge in [0.2, 0.25) is 0 Å². The van der Waals surface area contributed by atoms with Crippen molar-refractivity contribution in [2.75, 3.05) is 14.1 Å². The highest BCUT2D eigenvalue weighted by atomic mass is 16.6. The molecule has 9 nitrogen and oxygen atoms in total. The third-order valence-corrected chi connectivity index (χ3v) is 10.3. The van der Waals surface area contributed by atoms with Gasteiger partial charge in [-0.2, -0.15) is 0 Å². The molecule has 2 bridgehead atoms. The summed E-state index contributed by atoms with van der Waals surface area (Å²) in [6.07, 6.45) is -4.58. The third kappa shape index (κ3) is 5.14. The van der Waals surface area contributed by atoms with Crippen LogP contribution in [0.3, 0.4) is 0 Å². The van der Waals surface area contributed by atoms with Crippen LogP contribution in [-0.4, -0.2) is 82.1 Å². The first-order chi connectivity index (χ1) is 19.5. The number of benzene rings is 1. The van der Waals surface area contributed by atoms with Crippen LogP contribution in [-0.2, 0) is 23.9 Å². The number of ketones is 1. The van der Waals surface area contributed by atoms with E-state index in [0.717, 1.165) is 5.56 Å². The van der Waals surface area contributed by atoms with Crippen molar-refractivity contribution in [2.24, 2.45) is 16.7 Å². The van der Waals surface area contributed by atoms with Gasteiger partial charge in [-0.25, -0.2) is 0 Å². The summed E-state index contributed by atoms with van der Waals surface area (Å²) in [7, 11) is 3.78. The molecule has 2 saturated carbocycles. The maximum Gasteiger partial charge on any atom is 0.308 e. The summed E-state index contributed by atoms with van der Waals surface area (Å²) in [5.41, 5.74) is -2.44. The van der Waals surface area contributed by atoms with Crippen molar-refractivity contribution < 1.29 is 39.2 Å². The molecular weight excluding hydrogens is 538 g/mol. The molecule has 42 heavy (non-hydrogen) atoms. The largest absolute Gasteiger partial charge is 0.458 e. The first-order valence-corrected chi connectivity index (χ1v) is 14.6. The molecule has 0 spiro atoms. The van der Waals surface area contributed by atoms with E-state index in [1.165, 1.54) is 6.92 Å². The van der Waals surface area contributed by atoms with Crippen molar-refractivity contribution in [3.63, 3.8) is 0 Å². The number of fused-ring (bicyclic) bond motifs is 3. The Morgan fingerprint density at radius 2 is 1.71 bits per heavy atom. The minimum absolute atomic E-state index is 0.0847. The zero-order valence-electron chi connectivity index (χ0n) is 25.7. The second kappa shape index (κ2) is 11.3. The van der Waals surface area contributed by atoms with E-state index in [4.69, 9.17) is 9.47 Å². The fourth-order valence-corrected chi connectivity index (χ4v) is 7.65. The van der Waals surface area contributed by atoms with Crippen LogP contribution in [0.2, 0.25) is 0 Å². The Bertz CT molecular complexity index is 1290. The molecule has 0 heterocycles. The maximum atomic E-state index is 13.3. The number of allylic oxidation sites excluding steroid dienone is 1. The number of ether oxygens (including phenoxy) is 2. The Morgan fingerprint density at radius 1 is 1.10 bits per heavy atom. The summed E-state index contributed by atoms with van der Waals surface area (Å²) >= 11 is 0. The quantitative estimate of drug-likeness (QED) is 0.341. The molecule has 0 aromatic heterocycles. The lowest BCUT2D eigenvalue weighted by Crippen LogP contribution is -2.69. The van der Waals surface area contributed by atoms with Gasteiger partial charge in [-0.05, 0) is 56.1 Å². The van der Waals surface area contributed by atoms with Gasteiger partial charge in [-0.3, -0.25) is 14.4 Å². The third-order valence-electron chi connectivity index (χ3n) is 10.3. The molecule has 3 N–H and O–H groups in total. The van der Waals surface area contributed by atoms with Crippen molar-refractivity contribution in [1.29, 1.82) is 0 Å². The van der Waals surface area contributed by atoms with E-state index >= 15 is 0 Å². The molecule has 3 aliphatic carbocycles. The molecule has 8 atom stereocenters. The smallest absolute Gasteiger partial charge is 0.308 e. The van der Waals surface area contributed by atoms with Gasteiger partial charge in [0.25, 0.3) is 0 Å². The lowest BCUT2D eigenvalue weighted by atomic mass is 9.48. The van der Waals surface area contributed by atoms with Crippen LogP contribution in [0.4, 0.5) is 0 Å². The predicted molar refractivity (Wildman–Crippen MR) is 156 cm³/mol. The number of aliphatic hydroxyl groups is 3. The summed E-state index contributed by atoms with van der Waals surface area (Å²) in [5, 5.41) is 36.2. The molecule has 0 radical (unpaired) electrons. The van der Waals surface area contributed by atoms with Crippen LogP contribution in [0.25, 0.3) is 0 Å². The molecule has 1 aromatic carbocycles. The Hall–Kier alpha value is -2.85. The second-order valence-electron chi connectivity index (χ2n) is 13.3. The van der Waals surface area contributed by atoms with Gasteiger partial charge >= 0.3 is 11.9 Å². The number of esters is 2. The molecule has 0 aliphatic heterocycles. The first-order valence-electron chi connectivity index (χ1n) is 14.6. The SMILES string of the molecule is C=C1C(OC(=O)CC(c2ccccc2)N(C)C)CCC2(C)C(O)C(OC(C)=O)C3=C(C)C(=O)CC(O)(C(O)C12)C3(C)C. The van der Waals surface area contributed by atoms with Crippen LogP contribution in [0.5, 0.6) is 0 Å². The maximum absolute atomic E-state index is 13.3. The van der Waals surface area contributed by atoms with Gasteiger partial charge in [-0.1, -0.05) is 57.7 Å².